The first-order valence-electron chi connectivity index (χ1n) is 6.50. The maximum Gasteiger partial charge on any atom is 0.0762 e. The minimum atomic E-state index is 0.484. The maximum absolute atomic E-state index is 5.67. The van der Waals surface area contributed by atoms with Crippen molar-refractivity contribution in [3.63, 3.8) is 0 Å². The van der Waals surface area contributed by atoms with Gasteiger partial charge < -0.3 is 5.32 Å². The molecule has 2 unspecified atom stereocenters. The van der Waals surface area contributed by atoms with Gasteiger partial charge in [-0.1, -0.05) is 6.92 Å². The molecule has 1 aromatic rings. The number of aromatic nitrogens is 2. The highest BCUT2D eigenvalue weighted by Gasteiger charge is 2.06. The Morgan fingerprint density at radius 1 is 1.47 bits per heavy atom. The Morgan fingerprint density at radius 2 is 2.24 bits per heavy atom. The Balaban J connectivity index is 2.34. The van der Waals surface area contributed by atoms with E-state index < -0.39 is 0 Å². The zero-order valence-corrected chi connectivity index (χ0v) is 11.9. The molecule has 0 saturated carbocycles. The summed E-state index contributed by atoms with van der Waals surface area (Å²) < 4.78 is 2.04. The van der Waals surface area contributed by atoms with E-state index in [0.717, 1.165) is 37.4 Å². The zero-order valence-electron chi connectivity index (χ0n) is 11.1. The summed E-state index contributed by atoms with van der Waals surface area (Å²) in [6, 6.07) is 3.08. The van der Waals surface area contributed by atoms with Crippen LogP contribution in [0.1, 0.15) is 51.8 Å². The Bertz CT molecular complexity index is 311. The van der Waals surface area contributed by atoms with Gasteiger partial charge in [0.2, 0.25) is 0 Å². The van der Waals surface area contributed by atoms with Gasteiger partial charge in [0, 0.05) is 30.7 Å². The number of rotatable bonds is 8. The van der Waals surface area contributed by atoms with Gasteiger partial charge in [0.1, 0.15) is 0 Å². The summed E-state index contributed by atoms with van der Waals surface area (Å²) in [5.74, 6) is 0.745. The molecular weight excluding hydrogens is 234 g/mol. The molecule has 1 rings (SSSR count). The third-order valence-electron chi connectivity index (χ3n) is 3.11. The monoisotopic (exact) mass is 257 g/mol. The van der Waals surface area contributed by atoms with Crippen LogP contribution in [0.2, 0.25) is 0 Å². The zero-order chi connectivity index (χ0) is 12.7. The molecule has 1 N–H and O–H groups in total. The topological polar surface area (TPSA) is 29.9 Å². The van der Waals surface area contributed by atoms with Crippen molar-refractivity contribution in [2.24, 2.45) is 0 Å². The van der Waals surface area contributed by atoms with E-state index in [1.165, 1.54) is 0 Å². The molecule has 98 valence electrons. The molecule has 0 saturated heterocycles. The largest absolute Gasteiger partial charge is 0.309 e. The van der Waals surface area contributed by atoms with Crippen molar-refractivity contribution >= 4 is 11.6 Å². The fourth-order valence-corrected chi connectivity index (χ4v) is 1.82. The van der Waals surface area contributed by atoms with Crippen molar-refractivity contribution in [1.82, 2.24) is 15.1 Å². The van der Waals surface area contributed by atoms with E-state index in [1.54, 1.807) is 0 Å². The van der Waals surface area contributed by atoms with Gasteiger partial charge in [-0.2, -0.15) is 5.10 Å². The Kier molecular flexibility index (Phi) is 6.60. The summed E-state index contributed by atoms with van der Waals surface area (Å²) in [6.45, 7) is 7.40. The molecule has 0 bridgehead atoms. The Morgan fingerprint density at radius 3 is 2.88 bits per heavy atom. The molecule has 0 radical (unpaired) electrons. The highest BCUT2D eigenvalue weighted by molar-refractivity contribution is 6.17. The van der Waals surface area contributed by atoms with Crippen molar-refractivity contribution in [2.75, 3.05) is 5.88 Å². The second kappa shape index (κ2) is 7.72. The lowest BCUT2D eigenvalue weighted by atomic mass is 10.2. The maximum atomic E-state index is 5.67. The molecule has 4 heteroatoms. The van der Waals surface area contributed by atoms with Crippen LogP contribution >= 0.6 is 11.6 Å². The van der Waals surface area contributed by atoms with E-state index in [0.29, 0.717) is 12.1 Å². The molecule has 0 fully saturated rings. The molecule has 0 spiro atoms. The van der Waals surface area contributed by atoms with Gasteiger partial charge in [-0.15, -0.1) is 11.6 Å². The molecule has 0 aromatic carbocycles. The van der Waals surface area contributed by atoms with E-state index in [2.05, 4.69) is 43.4 Å². The van der Waals surface area contributed by atoms with Crippen LogP contribution in [0.25, 0.3) is 0 Å². The minimum Gasteiger partial charge on any atom is -0.309 e. The molecule has 0 amide bonds. The fraction of sp³-hybridized carbons (Fsp3) is 0.769. The highest BCUT2D eigenvalue weighted by atomic mass is 35.5. The summed E-state index contributed by atoms with van der Waals surface area (Å²) in [5, 5.41) is 8.03. The summed E-state index contributed by atoms with van der Waals surface area (Å²) in [6.07, 6.45) is 5.36. The predicted octanol–water partition coefficient (Wildman–Crippen LogP) is 3.35. The molecule has 17 heavy (non-hydrogen) atoms. The van der Waals surface area contributed by atoms with Crippen LogP contribution in [0.5, 0.6) is 0 Å². The van der Waals surface area contributed by atoms with Crippen molar-refractivity contribution in [2.45, 2.75) is 58.7 Å². The summed E-state index contributed by atoms with van der Waals surface area (Å²) in [5.41, 5.74) is 1.11. The first-order valence-corrected chi connectivity index (χ1v) is 7.04. The predicted molar refractivity (Wildman–Crippen MR) is 73.5 cm³/mol. The first kappa shape index (κ1) is 14.5. The van der Waals surface area contributed by atoms with Gasteiger partial charge in [-0.05, 0) is 39.2 Å². The lowest BCUT2D eigenvalue weighted by molar-refractivity contribution is 0.463. The average molecular weight is 258 g/mol. The number of halogens is 1. The van der Waals surface area contributed by atoms with Gasteiger partial charge in [0.25, 0.3) is 0 Å². The normalized spacial score (nSPS) is 14.8. The summed E-state index contributed by atoms with van der Waals surface area (Å²) >= 11 is 5.67. The Labute approximate surface area is 110 Å². The van der Waals surface area contributed by atoms with Crippen molar-refractivity contribution in [3.05, 3.63) is 18.0 Å². The molecule has 0 aliphatic carbocycles. The molecule has 0 aliphatic rings. The second-order valence-electron chi connectivity index (χ2n) is 4.66. The Hall–Kier alpha value is -0.540. The van der Waals surface area contributed by atoms with Crippen molar-refractivity contribution < 1.29 is 0 Å². The quantitative estimate of drug-likeness (QED) is 0.724. The molecular formula is C13H24ClN3. The van der Waals surface area contributed by atoms with Gasteiger partial charge in [0.05, 0.1) is 5.69 Å². The van der Waals surface area contributed by atoms with Gasteiger partial charge >= 0.3 is 0 Å². The number of alkyl halides is 1. The van der Waals surface area contributed by atoms with Crippen LogP contribution in [-0.4, -0.2) is 21.7 Å². The van der Waals surface area contributed by atoms with Crippen LogP contribution in [0.4, 0.5) is 0 Å². The number of hydrogen-bond donors (Lipinski definition) is 1. The summed E-state index contributed by atoms with van der Waals surface area (Å²) in [7, 11) is 0. The van der Waals surface area contributed by atoms with Gasteiger partial charge in [-0.3, -0.25) is 4.68 Å². The SMILES string of the molecule is CCC(C)n1ccc(CNC(C)CCCCl)n1. The van der Waals surface area contributed by atoms with Gasteiger partial charge in [-0.25, -0.2) is 0 Å². The highest BCUT2D eigenvalue weighted by Crippen LogP contribution is 2.09. The van der Waals surface area contributed by atoms with E-state index in [9.17, 15) is 0 Å². The lowest BCUT2D eigenvalue weighted by Gasteiger charge is -2.12. The van der Waals surface area contributed by atoms with Crippen LogP contribution in [-0.2, 0) is 6.54 Å². The standard InChI is InChI=1S/C13H24ClN3/c1-4-12(3)17-9-7-13(16-17)10-15-11(2)6-5-8-14/h7,9,11-12,15H,4-6,8,10H2,1-3H3. The molecule has 3 nitrogen and oxygen atoms in total. The number of hydrogen-bond acceptors (Lipinski definition) is 2. The number of nitrogens with one attached hydrogen (secondary N) is 1. The van der Waals surface area contributed by atoms with E-state index in [4.69, 9.17) is 11.6 Å². The smallest absolute Gasteiger partial charge is 0.0762 e. The second-order valence-corrected chi connectivity index (χ2v) is 5.04. The average Bonchev–Trinajstić information content (AvgIpc) is 2.81. The molecule has 1 aromatic heterocycles. The van der Waals surface area contributed by atoms with Crippen molar-refractivity contribution in [3.8, 4) is 0 Å². The molecule has 1 heterocycles. The van der Waals surface area contributed by atoms with Crippen LogP contribution in [0, 0.1) is 0 Å². The third-order valence-corrected chi connectivity index (χ3v) is 3.38. The van der Waals surface area contributed by atoms with E-state index in [-0.39, 0.29) is 0 Å². The fourth-order valence-electron chi connectivity index (χ4n) is 1.67. The number of nitrogens with zero attached hydrogens (tertiary/aromatic N) is 2. The van der Waals surface area contributed by atoms with Crippen LogP contribution < -0.4 is 5.32 Å². The van der Waals surface area contributed by atoms with Gasteiger partial charge in [0.15, 0.2) is 0 Å². The molecule has 0 aliphatic heterocycles. The van der Waals surface area contributed by atoms with E-state index in [1.807, 2.05) is 4.68 Å². The van der Waals surface area contributed by atoms with Crippen molar-refractivity contribution in [1.29, 1.82) is 0 Å². The van der Waals surface area contributed by atoms with E-state index >= 15 is 0 Å². The first-order chi connectivity index (χ1) is 8.17. The van der Waals surface area contributed by atoms with Crippen LogP contribution in [0.3, 0.4) is 0 Å². The third kappa shape index (κ3) is 5.09. The summed E-state index contributed by atoms with van der Waals surface area (Å²) in [4.78, 5) is 0. The lowest BCUT2D eigenvalue weighted by Crippen LogP contribution is -2.25. The molecule has 2 atom stereocenters. The minimum absolute atomic E-state index is 0.484. The van der Waals surface area contributed by atoms with Crippen LogP contribution in [0.15, 0.2) is 12.3 Å².